The summed E-state index contributed by atoms with van der Waals surface area (Å²) in [6.45, 7) is 2.18. The average molecular weight is 347 g/mol. The number of hydrogen-bond acceptors (Lipinski definition) is 3. The van der Waals surface area contributed by atoms with E-state index >= 15 is 0 Å². The van der Waals surface area contributed by atoms with Gasteiger partial charge in [-0.3, -0.25) is 9.59 Å². The summed E-state index contributed by atoms with van der Waals surface area (Å²) < 4.78 is 5.10. The van der Waals surface area contributed by atoms with Crippen LogP contribution in [0.3, 0.4) is 0 Å². The van der Waals surface area contributed by atoms with Crippen molar-refractivity contribution in [1.82, 2.24) is 5.32 Å². The maximum atomic E-state index is 12.2. The second-order valence-electron chi connectivity index (χ2n) is 5.13. The molecule has 0 radical (unpaired) electrons. The van der Waals surface area contributed by atoms with Crippen molar-refractivity contribution >= 4 is 29.1 Å². The lowest BCUT2D eigenvalue weighted by Gasteiger charge is -2.21. The molecule has 5 nitrogen and oxygen atoms in total. The number of methoxy groups -OCH3 is 1. The molecule has 2 aromatic rings. The zero-order chi connectivity index (χ0) is 17.5. The Labute approximate surface area is 146 Å². The molecule has 2 rings (SSSR count). The van der Waals surface area contributed by atoms with Crippen LogP contribution in [0.25, 0.3) is 0 Å². The molecule has 24 heavy (non-hydrogen) atoms. The minimum Gasteiger partial charge on any atom is -0.497 e. The van der Waals surface area contributed by atoms with E-state index in [-0.39, 0.29) is 11.8 Å². The number of nitrogens with one attached hydrogen (secondary N) is 1. The summed E-state index contributed by atoms with van der Waals surface area (Å²) in [6.07, 6.45) is 0. The van der Waals surface area contributed by atoms with Crippen molar-refractivity contribution in [2.45, 2.75) is 6.92 Å². The van der Waals surface area contributed by atoms with Gasteiger partial charge in [-0.25, -0.2) is 0 Å². The predicted octanol–water partition coefficient (Wildman–Crippen LogP) is 3.13. The molecule has 1 N–H and O–H groups in total. The number of benzene rings is 2. The second-order valence-corrected chi connectivity index (χ2v) is 5.57. The van der Waals surface area contributed by atoms with E-state index in [1.807, 2.05) is 0 Å². The van der Waals surface area contributed by atoms with Crippen molar-refractivity contribution < 1.29 is 14.3 Å². The SMILES string of the molecule is COc1cccc(C(=O)NCCN(C(C)=O)c2ccc(Cl)cc2)c1. The minimum atomic E-state index is -0.214. The Kier molecular flexibility index (Phi) is 6.21. The number of anilines is 1. The summed E-state index contributed by atoms with van der Waals surface area (Å²) in [6, 6.07) is 13.9. The molecule has 0 heterocycles. The molecule has 0 aliphatic heterocycles. The fourth-order valence-corrected chi connectivity index (χ4v) is 2.36. The molecular weight excluding hydrogens is 328 g/mol. The zero-order valence-electron chi connectivity index (χ0n) is 13.6. The van der Waals surface area contributed by atoms with E-state index in [0.717, 1.165) is 5.69 Å². The fraction of sp³-hybridized carbons (Fsp3) is 0.222. The van der Waals surface area contributed by atoms with E-state index in [1.165, 1.54) is 6.92 Å². The molecule has 0 aliphatic rings. The van der Waals surface area contributed by atoms with Gasteiger partial charge in [0.15, 0.2) is 0 Å². The number of ether oxygens (including phenoxy) is 1. The summed E-state index contributed by atoms with van der Waals surface area (Å²) >= 11 is 5.86. The van der Waals surface area contributed by atoms with E-state index in [9.17, 15) is 9.59 Å². The lowest BCUT2D eigenvalue weighted by atomic mass is 10.2. The first-order chi connectivity index (χ1) is 11.5. The molecule has 0 aliphatic carbocycles. The van der Waals surface area contributed by atoms with Crippen molar-refractivity contribution in [3.63, 3.8) is 0 Å². The summed E-state index contributed by atoms with van der Waals surface area (Å²) in [5, 5.41) is 3.41. The van der Waals surface area contributed by atoms with Gasteiger partial charge in [-0.15, -0.1) is 0 Å². The lowest BCUT2D eigenvalue weighted by molar-refractivity contribution is -0.116. The monoisotopic (exact) mass is 346 g/mol. The Morgan fingerprint density at radius 1 is 1.17 bits per heavy atom. The van der Waals surface area contributed by atoms with Gasteiger partial charge in [0.25, 0.3) is 5.91 Å². The van der Waals surface area contributed by atoms with E-state index in [1.54, 1.807) is 60.5 Å². The highest BCUT2D eigenvalue weighted by Gasteiger charge is 2.12. The topological polar surface area (TPSA) is 58.6 Å². The highest BCUT2D eigenvalue weighted by molar-refractivity contribution is 6.30. The van der Waals surface area contributed by atoms with Crippen LogP contribution in [0.5, 0.6) is 5.75 Å². The molecule has 2 aromatic carbocycles. The quantitative estimate of drug-likeness (QED) is 0.874. The Balaban J connectivity index is 1.96. The number of hydrogen-bond donors (Lipinski definition) is 1. The Morgan fingerprint density at radius 3 is 2.50 bits per heavy atom. The Hall–Kier alpha value is -2.53. The van der Waals surface area contributed by atoms with Crippen molar-refractivity contribution in [3.8, 4) is 5.75 Å². The number of nitrogens with zero attached hydrogens (tertiary/aromatic N) is 1. The van der Waals surface area contributed by atoms with Crippen molar-refractivity contribution in [2.24, 2.45) is 0 Å². The van der Waals surface area contributed by atoms with Gasteiger partial charge in [0.2, 0.25) is 5.91 Å². The Bertz CT molecular complexity index is 716. The minimum absolute atomic E-state index is 0.104. The van der Waals surface area contributed by atoms with Gasteiger partial charge in [0.05, 0.1) is 7.11 Å². The number of amides is 2. The maximum absolute atomic E-state index is 12.2. The number of carbonyl (C=O) groups is 2. The third-order valence-corrected chi connectivity index (χ3v) is 3.72. The van der Waals surface area contributed by atoms with Gasteiger partial charge in [-0.2, -0.15) is 0 Å². The third kappa shape index (κ3) is 4.73. The smallest absolute Gasteiger partial charge is 0.251 e. The number of carbonyl (C=O) groups excluding carboxylic acids is 2. The lowest BCUT2D eigenvalue weighted by Crippen LogP contribution is -2.37. The van der Waals surface area contributed by atoms with E-state index in [4.69, 9.17) is 16.3 Å². The fourth-order valence-electron chi connectivity index (χ4n) is 2.24. The predicted molar refractivity (Wildman–Crippen MR) is 94.8 cm³/mol. The van der Waals surface area contributed by atoms with Crippen LogP contribution in [0.1, 0.15) is 17.3 Å². The van der Waals surface area contributed by atoms with E-state index in [0.29, 0.717) is 29.4 Å². The summed E-state index contributed by atoms with van der Waals surface area (Å²) in [7, 11) is 1.55. The maximum Gasteiger partial charge on any atom is 0.251 e. The normalized spacial score (nSPS) is 10.1. The van der Waals surface area contributed by atoms with Crippen LogP contribution in [0.15, 0.2) is 48.5 Å². The van der Waals surface area contributed by atoms with Gasteiger partial charge in [0.1, 0.15) is 5.75 Å². The first-order valence-electron chi connectivity index (χ1n) is 7.47. The van der Waals surface area contributed by atoms with Gasteiger partial charge < -0.3 is 15.0 Å². The molecule has 2 amide bonds. The molecule has 0 saturated heterocycles. The van der Waals surface area contributed by atoms with Crippen LogP contribution in [0.4, 0.5) is 5.69 Å². The number of rotatable bonds is 6. The first kappa shape index (κ1) is 17.8. The van der Waals surface area contributed by atoms with Gasteiger partial charge in [-0.1, -0.05) is 17.7 Å². The van der Waals surface area contributed by atoms with Crippen LogP contribution in [-0.4, -0.2) is 32.0 Å². The molecule has 6 heteroatoms. The summed E-state index contributed by atoms with van der Waals surface area (Å²) in [5.74, 6) is 0.302. The standard InChI is InChI=1S/C18H19ClN2O3/c1-13(22)21(16-8-6-15(19)7-9-16)11-10-20-18(23)14-4-3-5-17(12-14)24-2/h3-9,12H,10-11H2,1-2H3,(H,20,23). The second kappa shape index (κ2) is 8.36. The van der Waals surface area contributed by atoms with E-state index < -0.39 is 0 Å². The van der Waals surface area contributed by atoms with Crippen LogP contribution in [-0.2, 0) is 4.79 Å². The van der Waals surface area contributed by atoms with E-state index in [2.05, 4.69) is 5.32 Å². The van der Waals surface area contributed by atoms with Gasteiger partial charge in [-0.05, 0) is 42.5 Å². The Morgan fingerprint density at radius 2 is 1.88 bits per heavy atom. The molecular formula is C18H19ClN2O3. The van der Waals surface area contributed by atoms with Gasteiger partial charge >= 0.3 is 0 Å². The molecule has 0 saturated carbocycles. The van der Waals surface area contributed by atoms with Crippen molar-refractivity contribution in [1.29, 1.82) is 0 Å². The van der Waals surface area contributed by atoms with Crippen LogP contribution >= 0.6 is 11.6 Å². The number of halogens is 1. The van der Waals surface area contributed by atoms with Crippen LogP contribution in [0.2, 0.25) is 5.02 Å². The molecule has 0 fully saturated rings. The van der Waals surface area contributed by atoms with Crippen molar-refractivity contribution in [3.05, 3.63) is 59.1 Å². The average Bonchev–Trinajstić information content (AvgIpc) is 2.59. The first-order valence-corrected chi connectivity index (χ1v) is 7.85. The van der Waals surface area contributed by atoms with Crippen molar-refractivity contribution in [2.75, 3.05) is 25.1 Å². The van der Waals surface area contributed by atoms with Crippen LogP contribution in [0, 0.1) is 0 Å². The molecule has 0 aromatic heterocycles. The molecule has 0 spiro atoms. The largest absolute Gasteiger partial charge is 0.497 e. The summed E-state index contributed by atoms with van der Waals surface area (Å²) in [4.78, 5) is 25.6. The highest BCUT2D eigenvalue weighted by atomic mass is 35.5. The van der Waals surface area contributed by atoms with Crippen LogP contribution < -0.4 is 15.0 Å². The molecule has 126 valence electrons. The molecule has 0 unspecified atom stereocenters. The third-order valence-electron chi connectivity index (χ3n) is 3.47. The highest BCUT2D eigenvalue weighted by Crippen LogP contribution is 2.18. The summed E-state index contributed by atoms with van der Waals surface area (Å²) in [5.41, 5.74) is 1.25. The molecule has 0 bridgehead atoms. The molecule has 0 atom stereocenters. The van der Waals surface area contributed by atoms with Gasteiger partial charge in [0, 0.05) is 36.3 Å². The zero-order valence-corrected chi connectivity index (χ0v) is 14.3.